The van der Waals surface area contributed by atoms with Crippen LogP contribution < -0.4 is 5.32 Å². The summed E-state index contributed by atoms with van der Waals surface area (Å²) in [5.74, 6) is -0.197. The first-order chi connectivity index (χ1) is 5.61. The third-order valence-electron chi connectivity index (χ3n) is 2.33. The highest BCUT2D eigenvalue weighted by Crippen LogP contribution is 2.11. The number of carboxylic acid groups (broad SMARTS) is 1. The van der Waals surface area contributed by atoms with Crippen LogP contribution in [0.1, 0.15) is 33.6 Å². The van der Waals surface area contributed by atoms with Crippen LogP contribution >= 0.6 is 0 Å². The molecule has 0 radical (unpaired) electrons. The molecule has 0 aromatic rings. The Morgan fingerprint density at radius 2 is 1.92 bits per heavy atom. The van der Waals surface area contributed by atoms with Gasteiger partial charge in [0.25, 0.3) is 0 Å². The fraction of sp³-hybridized carbons (Fsp3) is 0.889. The molecule has 3 nitrogen and oxygen atoms in total. The van der Waals surface area contributed by atoms with Crippen LogP contribution in [0.25, 0.3) is 0 Å². The standard InChI is InChI=1S/C9H19NO2/c1-4-8(5-2)7(3)10-6-9(11)12/h7-8,10H,4-6H2,1-3H3,(H,11,12). The zero-order valence-corrected chi connectivity index (χ0v) is 8.13. The first-order valence-corrected chi connectivity index (χ1v) is 4.56. The van der Waals surface area contributed by atoms with Crippen LogP contribution in [-0.4, -0.2) is 23.7 Å². The Balaban J connectivity index is 3.68. The number of rotatable bonds is 6. The van der Waals surface area contributed by atoms with Gasteiger partial charge in [-0.05, 0) is 12.8 Å². The Bertz CT molecular complexity index is 132. The molecule has 2 N–H and O–H groups in total. The monoisotopic (exact) mass is 173 g/mol. The summed E-state index contributed by atoms with van der Waals surface area (Å²) in [4.78, 5) is 10.2. The summed E-state index contributed by atoms with van der Waals surface area (Å²) < 4.78 is 0. The van der Waals surface area contributed by atoms with Crippen LogP contribution in [0.4, 0.5) is 0 Å². The highest BCUT2D eigenvalue weighted by molar-refractivity contribution is 5.69. The van der Waals surface area contributed by atoms with Crippen LogP contribution in [-0.2, 0) is 4.79 Å². The van der Waals surface area contributed by atoms with Crippen molar-refractivity contribution in [2.75, 3.05) is 6.54 Å². The Morgan fingerprint density at radius 3 is 2.25 bits per heavy atom. The first kappa shape index (κ1) is 11.4. The minimum Gasteiger partial charge on any atom is -0.480 e. The second-order valence-electron chi connectivity index (χ2n) is 3.14. The van der Waals surface area contributed by atoms with Crippen molar-refractivity contribution in [3.05, 3.63) is 0 Å². The molecule has 0 rings (SSSR count). The van der Waals surface area contributed by atoms with Crippen molar-refractivity contribution in [2.24, 2.45) is 5.92 Å². The van der Waals surface area contributed by atoms with Gasteiger partial charge in [-0.3, -0.25) is 4.79 Å². The van der Waals surface area contributed by atoms with Gasteiger partial charge in [-0.15, -0.1) is 0 Å². The van der Waals surface area contributed by atoms with Crippen LogP contribution in [0.15, 0.2) is 0 Å². The summed E-state index contributed by atoms with van der Waals surface area (Å²) in [5, 5.41) is 11.4. The summed E-state index contributed by atoms with van der Waals surface area (Å²) in [5.41, 5.74) is 0. The number of nitrogens with one attached hydrogen (secondary N) is 1. The van der Waals surface area contributed by atoms with Gasteiger partial charge in [0.05, 0.1) is 6.54 Å². The lowest BCUT2D eigenvalue weighted by Crippen LogP contribution is -2.36. The highest BCUT2D eigenvalue weighted by atomic mass is 16.4. The SMILES string of the molecule is CCC(CC)C(C)NCC(=O)O. The van der Waals surface area contributed by atoms with E-state index in [1.807, 2.05) is 6.92 Å². The van der Waals surface area contributed by atoms with Crippen molar-refractivity contribution in [1.82, 2.24) is 5.32 Å². The molecule has 72 valence electrons. The van der Waals surface area contributed by atoms with E-state index in [2.05, 4.69) is 19.2 Å². The van der Waals surface area contributed by atoms with Crippen molar-refractivity contribution >= 4 is 5.97 Å². The smallest absolute Gasteiger partial charge is 0.317 e. The number of carbonyl (C=O) groups is 1. The maximum absolute atomic E-state index is 10.2. The first-order valence-electron chi connectivity index (χ1n) is 4.56. The minimum atomic E-state index is -0.784. The summed E-state index contributed by atoms with van der Waals surface area (Å²) in [6, 6.07) is 0.302. The third-order valence-corrected chi connectivity index (χ3v) is 2.33. The molecular weight excluding hydrogens is 154 g/mol. The molecule has 0 aliphatic heterocycles. The van der Waals surface area contributed by atoms with Crippen LogP contribution in [0, 0.1) is 5.92 Å². The van der Waals surface area contributed by atoms with Gasteiger partial charge in [0.15, 0.2) is 0 Å². The average Bonchev–Trinajstić information content (AvgIpc) is 2.03. The molecule has 0 aliphatic carbocycles. The van der Waals surface area contributed by atoms with E-state index >= 15 is 0 Å². The highest BCUT2D eigenvalue weighted by Gasteiger charge is 2.13. The van der Waals surface area contributed by atoms with Crippen LogP contribution in [0.3, 0.4) is 0 Å². The molecule has 0 saturated heterocycles. The molecule has 0 aliphatic rings. The molecule has 0 aromatic carbocycles. The molecule has 1 unspecified atom stereocenters. The van der Waals surface area contributed by atoms with Gasteiger partial charge in [0, 0.05) is 6.04 Å². The van der Waals surface area contributed by atoms with E-state index in [1.54, 1.807) is 0 Å². The lowest BCUT2D eigenvalue weighted by Gasteiger charge is -2.21. The van der Waals surface area contributed by atoms with Gasteiger partial charge in [0.1, 0.15) is 0 Å². The summed E-state index contributed by atoms with van der Waals surface area (Å²) in [6.07, 6.45) is 2.20. The van der Waals surface area contributed by atoms with E-state index in [4.69, 9.17) is 5.11 Å². The molecule has 0 amide bonds. The number of aliphatic carboxylic acids is 1. The maximum atomic E-state index is 10.2. The molecule has 0 fully saturated rings. The van der Waals surface area contributed by atoms with E-state index in [1.165, 1.54) is 0 Å². The number of hydrogen-bond donors (Lipinski definition) is 2. The third kappa shape index (κ3) is 4.34. The van der Waals surface area contributed by atoms with E-state index in [0.717, 1.165) is 12.8 Å². The second kappa shape index (κ2) is 6.00. The fourth-order valence-corrected chi connectivity index (χ4v) is 1.41. The largest absolute Gasteiger partial charge is 0.480 e. The Labute approximate surface area is 74.2 Å². The van der Waals surface area contributed by atoms with E-state index in [9.17, 15) is 4.79 Å². The van der Waals surface area contributed by atoms with Crippen molar-refractivity contribution in [1.29, 1.82) is 0 Å². The van der Waals surface area contributed by atoms with Gasteiger partial charge in [0.2, 0.25) is 0 Å². The normalized spacial score (nSPS) is 13.3. The van der Waals surface area contributed by atoms with Gasteiger partial charge in [-0.2, -0.15) is 0 Å². The van der Waals surface area contributed by atoms with Crippen LogP contribution in [0.2, 0.25) is 0 Å². The van der Waals surface area contributed by atoms with Crippen molar-refractivity contribution in [3.63, 3.8) is 0 Å². The zero-order valence-electron chi connectivity index (χ0n) is 8.13. The van der Waals surface area contributed by atoms with Gasteiger partial charge in [-0.25, -0.2) is 0 Å². The van der Waals surface area contributed by atoms with E-state index in [0.29, 0.717) is 12.0 Å². The summed E-state index contributed by atoms with van der Waals surface area (Å²) in [7, 11) is 0. The minimum absolute atomic E-state index is 0.0671. The average molecular weight is 173 g/mol. The summed E-state index contributed by atoms with van der Waals surface area (Å²) >= 11 is 0. The van der Waals surface area contributed by atoms with E-state index < -0.39 is 5.97 Å². The number of hydrogen-bond acceptors (Lipinski definition) is 2. The van der Waals surface area contributed by atoms with E-state index in [-0.39, 0.29) is 6.54 Å². The van der Waals surface area contributed by atoms with Gasteiger partial charge >= 0.3 is 5.97 Å². The molecule has 0 bridgehead atoms. The summed E-state index contributed by atoms with van der Waals surface area (Å²) in [6.45, 7) is 6.37. The zero-order chi connectivity index (χ0) is 9.56. The van der Waals surface area contributed by atoms with Crippen molar-refractivity contribution in [2.45, 2.75) is 39.7 Å². The lowest BCUT2D eigenvalue weighted by atomic mass is 9.96. The van der Waals surface area contributed by atoms with Gasteiger partial charge < -0.3 is 10.4 Å². The van der Waals surface area contributed by atoms with Gasteiger partial charge in [-0.1, -0.05) is 26.7 Å². The molecule has 0 heterocycles. The molecule has 1 atom stereocenters. The van der Waals surface area contributed by atoms with Crippen LogP contribution in [0.5, 0.6) is 0 Å². The Hall–Kier alpha value is -0.570. The molecule has 0 saturated carbocycles. The molecule has 3 heteroatoms. The lowest BCUT2D eigenvalue weighted by molar-refractivity contribution is -0.136. The molecule has 0 aromatic heterocycles. The molecule has 12 heavy (non-hydrogen) atoms. The predicted octanol–water partition coefficient (Wildman–Crippen LogP) is 1.49. The Kier molecular flexibility index (Phi) is 5.72. The fourth-order valence-electron chi connectivity index (χ4n) is 1.41. The van der Waals surface area contributed by atoms with Crippen molar-refractivity contribution < 1.29 is 9.90 Å². The quantitative estimate of drug-likeness (QED) is 0.639. The predicted molar refractivity (Wildman–Crippen MR) is 49.2 cm³/mol. The second-order valence-corrected chi connectivity index (χ2v) is 3.14. The Morgan fingerprint density at radius 1 is 1.42 bits per heavy atom. The molecular formula is C9H19NO2. The van der Waals surface area contributed by atoms with Crippen molar-refractivity contribution in [3.8, 4) is 0 Å². The maximum Gasteiger partial charge on any atom is 0.317 e. The topological polar surface area (TPSA) is 49.3 Å². The number of carboxylic acids is 1. The molecule has 0 spiro atoms.